The second-order valence-electron chi connectivity index (χ2n) is 3.32. The molecule has 1 aromatic carbocycles. The Morgan fingerprint density at radius 1 is 1.50 bits per heavy atom. The van der Waals surface area contributed by atoms with Crippen LogP contribution in [0.2, 0.25) is 5.02 Å². The van der Waals surface area contributed by atoms with E-state index in [1.54, 1.807) is 18.3 Å². The van der Waals surface area contributed by atoms with Gasteiger partial charge in [-0.1, -0.05) is 22.2 Å². The molecule has 16 heavy (non-hydrogen) atoms. The van der Waals surface area contributed by atoms with Crippen molar-refractivity contribution in [3.8, 4) is 0 Å². The summed E-state index contributed by atoms with van der Waals surface area (Å²) in [7, 11) is 0. The highest BCUT2D eigenvalue weighted by Crippen LogP contribution is 2.23. The molecule has 1 aromatic heterocycles. The normalized spacial score (nSPS) is 12.4. The molecule has 0 saturated heterocycles. The number of hydrogen-bond acceptors (Lipinski definition) is 4. The predicted octanol–water partition coefficient (Wildman–Crippen LogP) is 3.50. The van der Waals surface area contributed by atoms with Gasteiger partial charge in [0.1, 0.15) is 10.8 Å². The molecule has 3 nitrogen and oxygen atoms in total. The zero-order chi connectivity index (χ0) is 11.5. The van der Waals surface area contributed by atoms with Gasteiger partial charge in [0, 0.05) is 17.6 Å². The third-order valence-electron chi connectivity index (χ3n) is 2.16. The van der Waals surface area contributed by atoms with E-state index in [1.807, 2.05) is 6.92 Å². The number of aromatic nitrogens is 2. The first-order valence-corrected chi connectivity index (χ1v) is 5.81. The van der Waals surface area contributed by atoms with Crippen molar-refractivity contribution in [1.29, 1.82) is 0 Å². The van der Waals surface area contributed by atoms with Crippen molar-refractivity contribution >= 4 is 28.1 Å². The molecule has 1 heterocycles. The van der Waals surface area contributed by atoms with Gasteiger partial charge in [0.15, 0.2) is 0 Å². The average molecular weight is 258 g/mol. The summed E-state index contributed by atoms with van der Waals surface area (Å²) in [6, 6.07) is 4.75. The quantitative estimate of drug-likeness (QED) is 0.914. The molecule has 0 aliphatic heterocycles. The topological polar surface area (TPSA) is 37.8 Å². The van der Waals surface area contributed by atoms with Gasteiger partial charge in [-0.05, 0) is 24.6 Å². The number of nitrogens with one attached hydrogen (secondary N) is 1. The summed E-state index contributed by atoms with van der Waals surface area (Å²) in [5.41, 5.74) is 0.829. The van der Waals surface area contributed by atoms with Crippen LogP contribution in [0.5, 0.6) is 0 Å². The zero-order valence-electron chi connectivity index (χ0n) is 8.45. The second-order valence-corrected chi connectivity index (χ2v) is 4.51. The van der Waals surface area contributed by atoms with Crippen molar-refractivity contribution in [2.24, 2.45) is 0 Å². The molecule has 84 valence electrons. The Hall–Kier alpha value is -1.20. The Balaban J connectivity index is 2.14. The van der Waals surface area contributed by atoms with Crippen LogP contribution in [0, 0.1) is 5.82 Å². The minimum absolute atomic E-state index is 0.0194. The van der Waals surface area contributed by atoms with Gasteiger partial charge in [-0.15, -0.1) is 5.10 Å². The lowest BCUT2D eigenvalue weighted by molar-refractivity contribution is 0.624. The van der Waals surface area contributed by atoms with Crippen molar-refractivity contribution in [3.05, 3.63) is 40.8 Å². The Bertz CT molecular complexity index is 475. The summed E-state index contributed by atoms with van der Waals surface area (Å²) >= 11 is 6.88. The number of halogens is 2. The average Bonchev–Trinajstić information content (AvgIpc) is 2.74. The van der Waals surface area contributed by atoms with Crippen molar-refractivity contribution in [1.82, 2.24) is 9.59 Å². The van der Waals surface area contributed by atoms with Gasteiger partial charge >= 0.3 is 0 Å². The van der Waals surface area contributed by atoms with Crippen molar-refractivity contribution in [3.63, 3.8) is 0 Å². The van der Waals surface area contributed by atoms with Gasteiger partial charge in [0.25, 0.3) is 0 Å². The Kier molecular flexibility index (Phi) is 3.36. The molecule has 1 unspecified atom stereocenters. The monoisotopic (exact) mass is 257 g/mol. The van der Waals surface area contributed by atoms with E-state index in [4.69, 9.17) is 11.6 Å². The van der Waals surface area contributed by atoms with E-state index in [0.717, 1.165) is 10.6 Å². The molecule has 2 rings (SSSR count). The van der Waals surface area contributed by atoms with Crippen LogP contribution < -0.4 is 5.32 Å². The number of rotatable bonds is 3. The van der Waals surface area contributed by atoms with E-state index in [0.29, 0.717) is 0 Å². The maximum atomic E-state index is 13.2. The molecule has 0 bridgehead atoms. The number of benzene rings is 1. The van der Waals surface area contributed by atoms with Gasteiger partial charge in [-0.3, -0.25) is 0 Å². The summed E-state index contributed by atoms with van der Waals surface area (Å²) in [4.78, 5) is 0. The molecule has 2 aromatic rings. The maximum absolute atomic E-state index is 13.2. The summed E-state index contributed by atoms with van der Waals surface area (Å²) in [5, 5.41) is 7.86. The number of hydrogen-bond donors (Lipinski definition) is 1. The minimum Gasteiger partial charge on any atom is -0.368 e. The van der Waals surface area contributed by atoms with Gasteiger partial charge in [0.05, 0.1) is 11.2 Å². The second kappa shape index (κ2) is 4.76. The smallest absolute Gasteiger partial charge is 0.142 e. The first kappa shape index (κ1) is 11.3. The molecule has 0 saturated carbocycles. The SMILES string of the molecule is CC(Nc1cnns1)c1ccc(Cl)c(F)c1. The van der Waals surface area contributed by atoms with E-state index in [-0.39, 0.29) is 11.1 Å². The Morgan fingerprint density at radius 3 is 2.94 bits per heavy atom. The van der Waals surface area contributed by atoms with Gasteiger partial charge in [-0.2, -0.15) is 0 Å². The fourth-order valence-corrected chi connectivity index (χ4v) is 1.93. The molecule has 6 heteroatoms. The summed E-state index contributed by atoms with van der Waals surface area (Å²) in [6.07, 6.45) is 1.63. The largest absolute Gasteiger partial charge is 0.368 e. The molecule has 1 N–H and O–H groups in total. The van der Waals surface area contributed by atoms with Crippen LogP contribution in [0.4, 0.5) is 9.39 Å². The molecule has 0 radical (unpaired) electrons. The third kappa shape index (κ3) is 2.48. The first-order valence-electron chi connectivity index (χ1n) is 4.65. The highest BCUT2D eigenvalue weighted by atomic mass is 35.5. The molecular weight excluding hydrogens is 249 g/mol. The van der Waals surface area contributed by atoms with Gasteiger partial charge in [-0.25, -0.2) is 4.39 Å². The lowest BCUT2D eigenvalue weighted by Gasteiger charge is -2.13. The lowest BCUT2D eigenvalue weighted by atomic mass is 10.1. The van der Waals surface area contributed by atoms with E-state index < -0.39 is 5.82 Å². The van der Waals surface area contributed by atoms with E-state index >= 15 is 0 Å². The van der Waals surface area contributed by atoms with Gasteiger partial charge < -0.3 is 5.32 Å². The van der Waals surface area contributed by atoms with E-state index in [2.05, 4.69) is 14.9 Å². The van der Waals surface area contributed by atoms with Crippen LogP contribution >= 0.6 is 23.1 Å². The van der Waals surface area contributed by atoms with Gasteiger partial charge in [0.2, 0.25) is 0 Å². The minimum atomic E-state index is -0.407. The Labute approximate surface area is 101 Å². The molecule has 0 aliphatic rings. The third-order valence-corrected chi connectivity index (χ3v) is 3.07. The molecular formula is C10H9ClFN3S. The van der Waals surface area contributed by atoms with Crippen molar-refractivity contribution < 1.29 is 4.39 Å². The first-order chi connectivity index (χ1) is 7.66. The number of anilines is 1. The molecule has 0 amide bonds. The maximum Gasteiger partial charge on any atom is 0.142 e. The van der Waals surface area contributed by atoms with E-state index in [1.165, 1.54) is 17.6 Å². The zero-order valence-corrected chi connectivity index (χ0v) is 10.0. The summed E-state index contributed by atoms with van der Waals surface area (Å²) in [6.45, 7) is 1.93. The number of nitrogens with zero attached hydrogens (tertiary/aromatic N) is 2. The summed E-state index contributed by atoms with van der Waals surface area (Å²) in [5.74, 6) is -0.407. The van der Waals surface area contributed by atoms with Crippen LogP contribution in [0.25, 0.3) is 0 Å². The van der Waals surface area contributed by atoms with Crippen LogP contribution in [0.15, 0.2) is 24.4 Å². The standard InChI is InChI=1S/C10H9ClFN3S/c1-6(14-10-5-13-15-16-10)7-2-3-8(11)9(12)4-7/h2-6,14H,1H3. The highest BCUT2D eigenvalue weighted by molar-refractivity contribution is 7.09. The van der Waals surface area contributed by atoms with Crippen LogP contribution in [0.1, 0.15) is 18.5 Å². The van der Waals surface area contributed by atoms with E-state index in [9.17, 15) is 4.39 Å². The van der Waals surface area contributed by atoms with Crippen molar-refractivity contribution in [2.45, 2.75) is 13.0 Å². The van der Waals surface area contributed by atoms with Crippen LogP contribution in [-0.2, 0) is 0 Å². The fourth-order valence-electron chi connectivity index (χ4n) is 1.31. The molecule has 0 spiro atoms. The highest BCUT2D eigenvalue weighted by Gasteiger charge is 2.09. The van der Waals surface area contributed by atoms with Crippen molar-refractivity contribution in [2.75, 3.05) is 5.32 Å². The summed E-state index contributed by atoms with van der Waals surface area (Å²) < 4.78 is 17.0. The van der Waals surface area contributed by atoms with Crippen LogP contribution in [0.3, 0.4) is 0 Å². The lowest BCUT2D eigenvalue weighted by Crippen LogP contribution is -2.05. The molecule has 0 fully saturated rings. The van der Waals surface area contributed by atoms with Crippen LogP contribution in [-0.4, -0.2) is 9.59 Å². The molecule has 0 aliphatic carbocycles. The Morgan fingerprint density at radius 2 is 2.31 bits per heavy atom. The predicted molar refractivity (Wildman–Crippen MR) is 63.4 cm³/mol. The fraction of sp³-hybridized carbons (Fsp3) is 0.200. The molecule has 1 atom stereocenters.